The van der Waals surface area contributed by atoms with Gasteiger partial charge in [-0.15, -0.1) is 6.42 Å². The van der Waals surface area contributed by atoms with Crippen LogP contribution in [-0.4, -0.2) is 43.8 Å². The summed E-state index contributed by atoms with van der Waals surface area (Å²) in [5.41, 5.74) is 6.11. The third-order valence-corrected chi connectivity index (χ3v) is 3.06. The molecule has 1 aliphatic heterocycles. The van der Waals surface area contributed by atoms with E-state index in [2.05, 4.69) is 24.7 Å². The number of hydrogen-bond donors (Lipinski definition) is 1. The molecule has 2 atom stereocenters. The molecular formula is C12H22N2O. The molecule has 0 saturated carbocycles. The van der Waals surface area contributed by atoms with Gasteiger partial charge in [0.25, 0.3) is 0 Å². The predicted molar refractivity (Wildman–Crippen MR) is 62.5 cm³/mol. The molecule has 0 aromatic carbocycles. The van der Waals surface area contributed by atoms with E-state index in [0.29, 0.717) is 13.2 Å². The van der Waals surface area contributed by atoms with Crippen LogP contribution in [0, 0.1) is 17.8 Å². The van der Waals surface area contributed by atoms with Gasteiger partial charge in [-0.05, 0) is 13.0 Å². The quantitative estimate of drug-likeness (QED) is 0.679. The van der Waals surface area contributed by atoms with Gasteiger partial charge >= 0.3 is 0 Å². The average molecular weight is 210 g/mol. The Morgan fingerprint density at radius 1 is 1.67 bits per heavy atom. The van der Waals surface area contributed by atoms with E-state index in [0.717, 1.165) is 26.1 Å². The van der Waals surface area contributed by atoms with Crippen molar-refractivity contribution in [3.05, 3.63) is 0 Å². The second-order valence-corrected chi connectivity index (χ2v) is 4.69. The number of rotatable bonds is 5. The van der Waals surface area contributed by atoms with Crippen LogP contribution in [-0.2, 0) is 4.74 Å². The Hall–Kier alpha value is -0.560. The zero-order valence-electron chi connectivity index (χ0n) is 9.83. The molecule has 2 unspecified atom stereocenters. The van der Waals surface area contributed by atoms with Crippen molar-refractivity contribution in [1.29, 1.82) is 0 Å². The molecule has 0 amide bonds. The molecule has 1 fully saturated rings. The molecule has 0 bridgehead atoms. The third kappa shape index (κ3) is 3.20. The van der Waals surface area contributed by atoms with Crippen LogP contribution in [0.1, 0.15) is 20.3 Å². The Bertz CT molecular complexity index is 236. The van der Waals surface area contributed by atoms with Crippen molar-refractivity contribution in [2.24, 2.45) is 11.1 Å². The van der Waals surface area contributed by atoms with Crippen LogP contribution in [0.15, 0.2) is 0 Å². The molecule has 0 aliphatic carbocycles. The molecule has 15 heavy (non-hydrogen) atoms. The van der Waals surface area contributed by atoms with Gasteiger partial charge in [0.05, 0.1) is 19.8 Å². The topological polar surface area (TPSA) is 38.5 Å². The second kappa shape index (κ2) is 5.50. The van der Waals surface area contributed by atoms with E-state index in [9.17, 15) is 0 Å². The highest BCUT2D eigenvalue weighted by molar-refractivity contribution is 4.95. The summed E-state index contributed by atoms with van der Waals surface area (Å²) in [6.07, 6.45) is 6.48. The molecule has 0 aromatic heterocycles. The maximum Gasteiger partial charge on any atom is 0.0624 e. The van der Waals surface area contributed by atoms with Gasteiger partial charge in [-0.3, -0.25) is 4.90 Å². The highest BCUT2D eigenvalue weighted by Crippen LogP contribution is 2.27. The first-order valence-corrected chi connectivity index (χ1v) is 5.61. The summed E-state index contributed by atoms with van der Waals surface area (Å²) in [7, 11) is 0. The summed E-state index contributed by atoms with van der Waals surface area (Å²) < 4.78 is 5.43. The van der Waals surface area contributed by atoms with Gasteiger partial charge in [0.1, 0.15) is 0 Å². The monoisotopic (exact) mass is 210 g/mol. The first-order valence-electron chi connectivity index (χ1n) is 5.61. The maximum atomic E-state index is 6.05. The molecule has 0 spiro atoms. The Labute approximate surface area is 93.0 Å². The zero-order chi connectivity index (χ0) is 11.3. The van der Waals surface area contributed by atoms with Crippen LogP contribution in [0.3, 0.4) is 0 Å². The van der Waals surface area contributed by atoms with Crippen LogP contribution in [0.4, 0.5) is 0 Å². The van der Waals surface area contributed by atoms with Crippen molar-refractivity contribution >= 4 is 0 Å². The van der Waals surface area contributed by atoms with Crippen molar-refractivity contribution < 1.29 is 4.74 Å². The standard InChI is InChI=1S/C12H22N2O/c1-4-6-14(7-5-2)9-12(3)10-15-8-11(12)13/h1,11H,5-10,13H2,2-3H3. The van der Waals surface area contributed by atoms with Crippen LogP contribution in [0.25, 0.3) is 0 Å². The van der Waals surface area contributed by atoms with Crippen molar-refractivity contribution in [3.8, 4) is 12.3 Å². The molecule has 1 saturated heterocycles. The fraction of sp³-hybridized carbons (Fsp3) is 0.833. The summed E-state index contributed by atoms with van der Waals surface area (Å²) >= 11 is 0. The first kappa shape index (κ1) is 12.5. The summed E-state index contributed by atoms with van der Waals surface area (Å²) in [6.45, 7) is 8.45. The summed E-state index contributed by atoms with van der Waals surface area (Å²) in [6, 6.07) is 0.134. The second-order valence-electron chi connectivity index (χ2n) is 4.69. The largest absolute Gasteiger partial charge is 0.379 e. The van der Waals surface area contributed by atoms with Crippen molar-refractivity contribution in [3.63, 3.8) is 0 Å². The number of nitrogens with zero attached hydrogens (tertiary/aromatic N) is 1. The molecule has 1 aliphatic rings. The highest BCUT2D eigenvalue weighted by atomic mass is 16.5. The van der Waals surface area contributed by atoms with Crippen LogP contribution in [0.2, 0.25) is 0 Å². The van der Waals surface area contributed by atoms with E-state index in [1.807, 2.05) is 0 Å². The smallest absolute Gasteiger partial charge is 0.0624 e. The van der Waals surface area contributed by atoms with E-state index >= 15 is 0 Å². The molecule has 0 radical (unpaired) electrons. The Balaban J connectivity index is 2.52. The van der Waals surface area contributed by atoms with Gasteiger partial charge in [-0.2, -0.15) is 0 Å². The van der Waals surface area contributed by atoms with Gasteiger partial charge in [0, 0.05) is 18.0 Å². The molecule has 1 heterocycles. The lowest BCUT2D eigenvalue weighted by Gasteiger charge is -2.33. The lowest BCUT2D eigenvalue weighted by molar-refractivity contribution is 0.125. The van der Waals surface area contributed by atoms with E-state index in [1.165, 1.54) is 0 Å². The lowest BCUT2D eigenvalue weighted by atomic mass is 9.85. The third-order valence-electron chi connectivity index (χ3n) is 3.06. The van der Waals surface area contributed by atoms with Gasteiger partial charge < -0.3 is 10.5 Å². The Morgan fingerprint density at radius 3 is 2.87 bits per heavy atom. The minimum absolute atomic E-state index is 0.0615. The molecular weight excluding hydrogens is 188 g/mol. The average Bonchev–Trinajstić information content (AvgIpc) is 2.48. The lowest BCUT2D eigenvalue weighted by Crippen LogP contribution is -2.47. The van der Waals surface area contributed by atoms with E-state index < -0.39 is 0 Å². The van der Waals surface area contributed by atoms with Crippen molar-refractivity contribution in [2.75, 3.05) is 32.8 Å². The van der Waals surface area contributed by atoms with Crippen molar-refractivity contribution in [2.45, 2.75) is 26.3 Å². The van der Waals surface area contributed by atoms with Crippen LogP contribution >= 0.6 is 0 Å². The normalized spacial score (nSPS) is 30.7. The van der Waals surface area contributed by atoms with E-state index in [4.69, 9.17) is 16.9 Å². The molecule has 3 heteroatoms. The number of nitrogens with two attached hydrogens (primary N) is 1. The van der Waals surface area contributed by atoms with E-state index in [1.54, 1.807) is 0 Å². The fourth-order valence-electron chi connectivity index (χ4n) is 2.06. The van der Waals surface area contributed by atoms with Gasteiger partial charge in [0.15, 0.2) is 0 Å². The molecule has 86 valence electrons. The van der Waals surface area contributed by atoms with Gasteiger partial charge in [-0.1, -0.05) is 19.8 Å². The summed E-state index contributed by atoms with van der Waals surface area (Å²) in [5.74, 6) is 2.70. The van der Waals surface area contributed by atoms with Crippen LogP contribution in [0.5, 0.6) is 0 Å². The highest BCUT2D eigenvalue weighted by Gasteiger charge is 2.38. The number of ether oxygens (including phenoxy) is 1. The first-order chi connectivity index (χ1) is 7.12. The summed E-state index contributed by atoms with van der Waals surface area (Å²) in [4.78, 5) is 2.29. The maximum absolute atomic E-state index is 6.05. The Kier molecular flexibility index (Phi) is 4.59. The van der Waals surface area contributed by atoms with Gasteiger partial charge in [0.2, 0.25) is 0 Å². The predicted octanol–water partition coefficient (Wildman–Crippen LogP) is 0.695. The minimum atomic E-state index is 0.0615. The fourth-order valence-corrected chi connectivity index (χ4v) is 2.06. The SMILES string of the molecule is C#CCN(CCC)CC1(C)COCC1N. The van der Waals surface area contributed by atoms with E-state index in [-0.39, 0.29) is 11.5 Å². The Morgan fingerprint density at radius 2 is 2.40 bits per heavy atom. The number of hydrogen-bond acceptors (Lipinski definition) is 3. The van der Waals surface area contributed by atoms with Crippen molar-refractivity contribution in [1.82, 2.24) is 4.90 Å². The number of terminal acetylenes is 1. The molecule has 3 nitrogen and oxygen atoms in total. The molecule has 0 aromatic rings. The zero-order valence-corrected chi connectivity index (χ0v) is 9.83. The minimum Gasteiger partial charge on any atom is -0.379 e. The van der Waals surface area contributed by atoms with Crippen LogP contribution < -0.4 is 5.73 Å². The molecule has 2 N–H and O–H groups in total. The summed E-state index contributed by atoms with van der Waals surface area (Å²) in [5, 5.41) is 0. The van der Waals surface area contributed by atoms with Gasteiger partial charge in [-0.25, -0.2) is 0 Å². The molecule has 1 rings (SSSR count).